The van der Waals surface area contributed by atoms with Crippen molar-refractivity contribution in [3.05, 3.63) is 46.2 Å². The quantitative estimate of drug-likeness (QED) is 0.898. The fourth-order valence-electron chi connectivity index (χ4n) is 3.58. The van der Waals surface area contributed by atoms with Gasteiger partial charge in [0.05, 0.1) is 0 Å². The van der Waals surface area contributed by atoms with Crippen LogP contribution in [0.3, 0.4) is 0 Å². The second-order valence-electron chi connectivity index (χ2n) is 7.40. The minimum absolute atomic E-state index is 0.0359. The van der Waals surface area contributed by atoms with Crippen molar-refractivity contribution in [2.75, 3.05) is 13.1 Å². The number of nitrogens with one attached hydrogen (secondary N) is 2. The number of carbonyl (C=O) groups excluding carboxylic acids is 1. The number of piperidine rings is 1. The Kier molecular flexibility index (Phi) is 5.23. The Labute approximate surface area is 148 Å². The molecule has 1 aliphatic rings. The van der Waals surface area contributed by atoms with Crippen molar-refractivity contribution in [3.63, 3.8) is 0 Å². The number of hydrogen-bond acceptors (Lipinski definition) is 3. The monoisotopic (exact) mass is 341 g/mol. The van der Waals surface area contributed by atoms with Gasteiger partial charge in [-0.3, -0.25) is 9.59 Å². The van der Waals surface area contributed by atoms with Gasteiger partial charge in [0.15, 0.2) is 0 Å². The Balaban J connectivity index is 1.64. The van der Waals surface area contributed by atoms with Crippen molar-refractivity contribution in [3.8, 4) is 0 Å². The zero-order valence-corrected chi connectivity index (χ0v) is 15.2. The summed E-state index contributed by atoms with van der Waals surface area (Å²) < 4.78 is 0. The summed E-state index contributed by atoms with van der Waals surface area (Å²) in [5.41, 5.74) is 1.59. The zero-order valence-electron chi connectivity index (χ0n) is 15.2. The number of nitrogens with zero attached hydrogens (tertiary/aromatic N) is 1. The maximum Gasteiger partial charge on any atom is 0.252 e. The number of pyridine rings is 1. The van der Waals surface area contributed by atoms with Crippen LogP contribution in [0.4, 0.5) is 0 Å². The molecule has 25 heavy (non-hydrogen) atoms. The van der Waals surface area contributed by atoms with Crippen molar-refractivity contribution in [2.45, 2.75) is 39.8 Å². The molecule has 1 aromatic heterocycles. The van der Waals surface area contributed by atoms with Crippen molar-refractivity contribution in [2.24, 2.45) is 11.8 Å². The maximum atomic E-state index is 12.3. The molecule has 1 saturated heterocycles. The van der Waals surface area contributed by atoms with Crippen LogP contribution in [-0.2, 0) is 11.3 Å². The molecule has 0 bridgehead atoms. The van der Waals surface area contributed by atoms with Crippen molar-refractivity contribution in [1.29, 1.82) is 0 Å². The first-order valence-corrected chi connectivity index (χ1v) is 9.09. The Morgan fingerprint density at radius 1 is 1.36 bits per heavy atom. The maximum absolute atomic E-state index is 12.3. The second-order valence-corrected chi connectivity index (χ2v) is 7.40. The van der Waals surface area contributed by atoms with E-state index in [2.05, 4.69) is 17.2 Å². The molecule has 2 N–H and O–H groups in total. The second kappa shape index (κ2) is 7.40. The summed E-state index contributed by atoms with van der Waals surface area (Å²) in [5.74, 6) is 0.653. The Morgan fingerprint density at radius 3 is 2.84 bits per heavy atom. The molecule has 2 heterocycles. The molecule has 5 heteroatoms. The minimum Gasteiger partial charge on any atom is -0.342 e. The highest BCUT2D eigenvalue weighted by Crippen LogP contribution is 2.19. The van der Waals surface area contributed by atoms with Gasteiger partial charge in [0, 0.05) is 42.7 Å². The van der Waals surface area contributed by atoms with E-state index in [4.69, 9.17) is 0 Å². The average Bonchev–Trinajstić information content (AvgIpc) is 2.60. The molecule has 1 aliphatic heterocycles. The fraction of sp³-hybridized carbons (Fsp3) is 0.500. The molecular formula is C20H27N3O2. The van der Waals surface area contributed by atoms with E-state index in [1.165, 1.54) is 0 Å². The van der Waals surface area contributed by atoms with Crippen LogP contribution in [0.25, 0.3) is 10.9 Å². The van der Waals surface area contributed by atoms with Crippen LogP contribution in [0.1, 0.15) is 32.8 Å². The normalized spacial score (nSPS) is 21.0. The first-order chi connectivity index (χ1) is 12.0. The topological polar surface area (TPSA) is 65.2 Å². The summed E-state index contributed by atoms with van der Waals surface area (Å²) >= 11 is 0. The Hall–Kier alpha value is -2.14. The van der Waals surface area contributed by atoms with Crippen LogP contribution in [0.5, 0.6) is 0 Å². The third kappa shape index (κ3) is 3.93. The minimum atomic E-state index is -0.0359. The van der Waals surface area contributed by atoms with Crippen LogP contribution in [0, 0.1) is 11.8 Å². The first-order valence-electron chi connectivity index (χ1n) is 9.09. The summed E-state index contributed by atoms with van der Waals surface area (Å²) in [6.07, 6.45) is 0.922. The third-order valence-electron chi connectivity index (χ3n) is 5.10. The molecule has 0 spiro atoms. The Bertz CT molecular complexity index is 812. The summed E-state index contributed by atoms with van der Waals surface area (Å²) in [5, 5.41) is 4.57. The number of rotatable bonds is 4. The van der Waals surface area contributed by atoms with Crippen LogP contribution in [0.15, 0.2) is 35.1 Å². The lowest BCUT2D eigenvalue weighted by atomic mass is 9.93. The van der Waals surface area contributed by atoms with E-state index in [1.54, 1.807) is 0 Å². The van der Waals surface area contributed by atoms with Crippen LogP contribution >= 0.6 is 0 Å². The van der Waals surface area contributed by atoms with Crippen LogP contribution < -0.4 is 10.9 Å². The van der Waals surface area contributed by atoms with Crippen LogP contribution in [-0.4, -0.2) is 34.9 Å². The number of carbonyl (C=O) groups is 1. The molecule has 0 aliphatic carbocycles. The number of benzene rings is 1. The summed E-state index contributed by atoms with van der Waals surface area (Å²) in [6.45, 7) is 8.18. The van der Waals surface area contributed by atoms with Gasteiger partial charge in [0.1, 0.15) is 0 Å². The highest BCUT2D eigenvalue weighted by molar-refractivity contribution is 5.79. The molecule has 2 atom stereocenters. The highest BCUT2D eigenvalue weighted by Gasteiger charge is 2.29. The van der Waals surface area contributed by atoms with E-state index in [0.29, 0.717) is 18.5 Å². The number of fused-ring (bicyclic) bond motifs is 1. The number of aromatic amines is 1. The van der Waals surface area contributed by atoms with E-state index in [-0.39, 0.29) is 17.4 Å². The number of aromatic nitrogens is 1. The van der Waals surface area contributed by atoms with Gasteiger partial charge in [0.2, 0.25) is 5.91 Å². The number of H-pyrrole nitrogens is 1. The molecule has 1 fully saturated rings. The van der Waals surface area contributed by atoms with Crippen molar-refractivity contribution >= 4 is 16.8 Å². The predicted molar refractivity (Wildman–Crippen MR) is 100 cm³/mol. The van der Waals surface area contributed by atoms with E-state index < -0.39 is 0 Å². The van der Waals surface area contributed by atoms with Crippen LogP contribution in [0.2, 0.25) is 0 Å². The van der Waals surface area contributed by atoms with Gasteiger partial charge in [-0.25, -0.2) is 0 Å². The molecule has 0 radical (unpaired) electrons. The van der Waals surface area contributed by atoms with E-state index >= 15 is 0 Å². The summed E-state index contributed by atoms with van der Waals surface area (Å²) in [6, 6.07) is 10.1. The molecule has 134 valence electrons. The molecule has 5 nitrogen and oxygen atoms in total. The fourth-order valence-corrected chi connectivity index (χ4v) is 3.58. The van der Waals surface area contributed by atoms with E-state index in [0.717, 1.165) is 36.0 Å². The molecular weight excluding hydrogens is 314 g/mol. The molecule has 2 aromatic rings. The standard InChI is InChI=1S/C20H27N3O2/c1-13(2)20(25)23-9-8-17(14(3)12-23)21-11-16-10-15-6-4-5-7-18(15)22-19(16)24/h4-7,10,13-14,17,21H,8-9,11-12H2,1-3H3,(H,22,24)/t14-,17-/m0/s1. The molecule has 1 amide bonds. The molecule has 0 unspecified atom stereocenters. The zero-order chi connectivity index (χ0) is 18.0. The van der Waals surface area contributed by atoms with E-state index in [9.17, 15) is 9.59 Å². The molecule has 3 rings (SSSR count). The third-order valence-corrected chi connectivity index (χ3v) is 5.10. The smallest absolute Gasteiger partial charge is 0.252 e. The SMILES string of the molecule is CC(C)C(=O)N1CC[C@H](NCc2cc3ccccc3[nH]c2=O)[C@@H](C)C1. The number of amides is 1. The predicted octanol–water partition coefficient (Wildman–Crippen LogP) is 2.51. The van der Waals surface area contributed by atoms with Gasteiger partial charge in [-0.2, -0.15) is 0 Å². The van der Waals surface area contributed by atoms with Gasteiger partial charge in [-0.05, 0) is 29.9 Å². The molecule has 1 aromatic carbocycles. The number of hydrogen-bond donors (Lipinski definition) is 2. The average molecular weight is 341 g/mol. The lowest BCUT2D eigenvalue weighted by Gasteiger charge is -2.38. The van der Waals surface area contributed by atoms with Gasteiger partial charge < -0.3 is 15.2 Å². The van der Waals surface area contributed by atoms with Gasteiger partial charge in [0.25, 0.3) is 5.56 Å². The van der Waals surface area contributed by atoms with Gasteiger partial charge in [-0.1, -0.05) is 39.0 Å². The largest absolute Gasteiger partial charge is 0.342 e. The molecule has 0 saturated carbocycles. The van der Waals surface area contributed by atoms with E-state index in [1.807, 2.05) is 49.1 Å². The lowest BCUT2D eigenvalue weighted by molar-refractivity contribution is -0.136. The number of para-hydroxylation sites is 1. The lowest BCUT2D eigenvalue weighted by Crippen LogP contribution is -2.51. The highest BCUT2D eigenvalue weighted by atomic mass is 16.2. The van der Waals surface area contributed by atoms with Crippen molar-refractivity contribution in [1.82, 2.24) is 15.2 Å². The van der Waals surface area contributed by atoms with Gasteiger partial charge >= 0.3 is 0 Å². The first kappa shape index (κ1) is 17.7. The Morgan fingerprint density at radius 2 is 2.12 bits per heavy atom. The summed E-state index contributed by atoms with van der Waals surface area (Å²) in [4.78, 5) is 29.3. The van der Waals surface area contributed by atoms with Crippen molar-refractivity contribution < 1.29 is 4.79 Å². The summed E-state index contributed by atoms with van der Waals surface area (Å²) in [7, 11) is 0. The van der Waals surface area contributed by atoms with Gasteiger partial charge in [-0.15, -0.1) is 0 Å². The number of likely N-dealkylation sites (tertiary alicyclic amines) is 1.